The molecule has 4 aromatic rings. The lowest BCUT2D eigenvalue weighted by Crippen LogP contribution is -2.59. The van der Waals surface area contributed by atoms with E-state index in [1.54, 1.807) is 42.6 Å². The quantitative estimate of drug-likeness (QED) is 0.106. The van der Waals surface area contributed by atoms with Gasteiger partial charge in [-0.25, -0.2) is 4.79 Å². The van der Waals surface area contributed by atoms with Gasteiger partial charge in [-0.05, 0) is 47.2 Å². The predicted molar refractivity (Wildman–Crippen MR) is 175 cm³/mol. The van der Waals surface area contributed by atoms with Crippen LogP contribution in [0.5, 0.6) is 5.75 Å². The highest BCUT2D eigenvalue weighted by molar-refractivity contribution is 5.95. The van der Waals surface area contributed by atoms with Gasteiger partial charge in [0.2, 0.25) is 17.7 Å². The van der Waals surface area contributed by atoms with E-state index in [4.69, 9.17) is 5.73 Å². The molecule has 0 aliphatic rings. The zero-order valence-corrected chi connectivity index (χ0v) is 25.9. The van der Waals surface area contributed by atoms with Gasteiger partial charge in [0, 0.05) is 29.9 Å². The second-order valence-corrected chi connectivity index (χ2v) is 11.6. The Hall–Kier alpha value is -5.16. The zero-order chi connectivity index (χ0) is 33.2. The molecular weight excluding hydrogens is 586 g/mol. The molecule has 4 rings (SSSR count). The van der Waals surface area contributed by atoms with E-state index in [1.165, 1.54) is 12.1 Å². The Balaban J connectivity index is 1.55. The summed E-state index contributed by atoms with van der Waals surface area (Å²) in [5, 5.41) is 28.5. The van der Waals surface area contributed by atoms with Crippen molar-refractivity contribution in [3.05, 3.63) is 102 Å². The van der Waals surface area contributed by atoms with E-state index in [9.17, 15) is 29.4 Å². The van der Waals surface area contributed by atoms with Crippen molar-refractivity contribution in [2.24, 2.45) is 11.7 Å². The molecule has 3 aromatic carbocycles. The van der Waals surface area contributed by atoms with Crippen molar-refractivity contribution < 1.29 is 29.4 Å². The van der Waals surface area contributed by atoms with E-state index in [2.05, 4.69) is 20.9 Å². The van der Waals surface area contributed by atoms with Crippen molar-refractivity contribution in [2.75, 3.05) is 0 Å². The molecule has 11 heteroatoms. The Labute approximate surface area is 267 Å². The number of benzene rings is 3. The van der Waals surface area contributed by atoms with Gasteiger partial charge in [-0.3, -0.25) is 14.4 Å². The number of nitrogens with one attached hydrogen (secondary N) is 4. The van der Waals surface area contributed by atoms with E-state index in [1.807, 2.05) is 44.2 Å². The monoisotopic (exact) mass is 627 g/mol. The molecule has 3 amide bonds. The molecule has 1 heterocycles. The minimum atomic E-state index is -1.24. The molecule has 1 aromatic heterocycles. The van der Waals surface area contributed by atoms with Gasteiger partial charge in [0.15, 0.2) is 0 Å². The van der Waals surface area contributed by atoms with Crippen LogP contribution < -0.4 is 21.7 Å². The number of amides is 3. The van der Waals surface area contributed by atoms with Crippen molar-refractivity contribution in [2.45, 2.75) is 63.7 Å². The lowest BCUT2D eigenvalue weighted by molar-refractivity contribution is -0.142. The van der Waals surface area contributed by atoms with Gasteiger partial charge in [-0.1, -0.05) is 80.9 Å². The molecule has 0 saturated carbocycles. The number of nitrogens with two attached hydrogens (primary N) is 1. The fourth-order valence-electron chi connectivity index (χ4n) is 5.25. The summed E-state index contributed by atoms with van der Waals surface area (Å²) in [5.74, 6) is -3.22. The molecule has 0 radical (unpaired) electrons. The summed E-state index contributed by atoms with van der Waals surface area (Å²) in [7, 11) is 0. The second-order valence-electron chi connectivity index (χ2n) is 11.6. The fourth-order valence-corrected chi connectivity index (χ4v) is 5.25. The summed E-state index contributed by atoms with van der Waals surface area (Å²) in [6.07, 6.45) is 2.61. The third-order valence-corrected chi connectivity index (χ3v) is 8.15. The van der Waals surface area contributed by atoms with Crippen LogP contribution in [0.2, 0.25) is 0 Å². The maximum absolute atomic E-state index is 13.8. The molecule has 8 N–H and O–H groups in total. The minimum Gasteiger partial charge on any atom is -0.508 e. The van der Waals surface area contributed by atoms with Gasteiger partial charge in [0.1, 0.15) is 23.9 Å². The molecule has 46 heavy (non-hydrogen) atoms. The Morgan fingerprint density at radius 3 is 2.07 bits per heavy atom. The molecule has 5 unspecified atom stereocenters. The Morgan fingerprint density at radius 2 is 1.39 bits per heavy atom. The van der Waals surface area contributed by atoms with Crippen LogP contribution in [0.25, 0.3) is 10.9 Å². The first-order valence-electron chi connectivity index (χ1n) is 15.3. The first-order chi connectivity index (χ1) is 22.0. The molecule has 5 atom stereocenters. The lowest BCUT2D eigenvalue weighted by atomic mass is 9.96. The van der Waals surface area contributed by atoms with Gasteiger partial charge in [0.25, 0.3) is 0 Å². The Kier molecular flexibility index (Phi) is 11.5. The number of carboxylic acids is 1. The van der Waals surface area contributed by atoms with Crippen LogP contribution >= 0.6 is 0 Å². The second kappa shape index (κ2) is 15.7. The topological polar surface area (TPSA) is 187 Å². The number of hydrogen-bond acceptors (Lipinski definition) is 6. The maximum atomic E-state index is 13.8. The van der Waals surface area contributed by atoms with Crippen molar-refractivity contribution in [1.29, 1.82) is 0 Å². The number of aliphatic carboxylic acids is 1. The summed E-state index contributed by atoms with van der Waals surface area (Å²) >= 11 is 0. The van der Waals surface area contributed by atoms with E-state index >= 15 is 0 Å². The summed E-state index contributed by atoms with van der Waals surface area (Å²) in [6, 6.07) is 18.4. The standard InChI is InChI=1S/C35H41N5O6/c1-3-21(2)31(40-32(42)27(36)17-23-13-15-25(41)16-14-23)34(44)38-29(19-24-20-37-28-12-8-7-11-26(24)28)33(43)39-30(35(45)46)18-22-9-5-4-6-10-22/h4-16,20-21,27,29-31,37,41H,3,17-19,36H2,1-2H3,(H,38,44)(H,39,43)(H,40,42)(H,45,46). The van der Waals surface area contributed by atoms with Crippen molar-refractivity contribution in [1.82, 2.24) is 20.9 Å². The third-order valence-electron chi connectivity index (χ3n) is 8.15. The summed E-state index contributed by atoms with van der Waals surface area (Å²) in [5.41, 5.74) is 9.26. The van der Waals surface area contributed by atoms with Crippen molar-refractivity contribution in [3.63, 3.8) is 0 Å². The van der Waals surface area contributed by atoms with E-state index in [0.29, 0.717) is 6.42 Å². The van der Waals surface area contributed by atoms with E-state index in [0.717, 1.165) is 27.6 Å². The number of fused-ring (bicyclic) bond motifs is 1. The number of aromatic amines is 1. The van der Waals surface area contributed by atoms with Crippen LogP contribution in [0.1, 0.15) is 37.0 Å². The van der Waals surface area contributed by atoms with Gasteiger partial charge < -0.3 is 36.9 Å². The molecular formula is C35H41N5O6. The van der Waals surface area contributed by atoms with Crippen LogP contribution in [0.15, 0.2) is 85.1 Å². The van der Waals surface area contributed by atoms with Crippen LogP contribution in [-0.2, 0) is 38.4 Å². The number of H-pyrrole nitrogens is 1. The van der Waals surface area contributed by atoms with Crippen LogP contribution in [0, 0.1) is 5.92 Å². The molecule has 242 valence electrons. The summed E-state index contributed by atoms with van der Waals surface area (Å²) in [4.78, 5) is 56.0. The normalized spacial score (nSPS) is 14.4. The Morgan fingerprint density at radius 1 is 0.761 bits per heavy atom. The number of rotatable bonds is 15. The number of carbonyl (C=O) groups is 4. The van der Waals surface area contributed by atoms with Gasteiger partial charge >= 0.3 is 5.97 Å². The minimum absolute atomic E-state index is 0.0557. The van der Waals surface area contributed by atoms with Gasteiger partial charge in [-0.2, -0.15) is 0 Å². The largest absolute Gasteiger partial charge is 0.508 e. The average molecular weight is 628 g/mol. The maximum Gasteiger partial charge on any atom is 0.326 e. The number of aromatic hydroxyl groups is 1. The number of aromatic nitrogens is 1. The van der Waals surface area contributed by atoms with E-state index in [-0.39, 0.29) is 30.9 Å². The molecule has 0 aliphatic carbocycles. The van der Waals surface area contributed by atoms with Crippen molar-refractivity contribution >= 4 is 34.6 Å². The highest BCUT2D eigenvalue weighted by Gasteiger charge is 2.33. The number of carbonyl (C=O) groups excluding carboxylic acids is 3. The predicted octanol–water partition coefficient (Wildman–Crippen LogP) is 2.81. The molecule has 0 saturated heterocycles. The number of carboxylic acid groups (broad SMARTS) is 1. The molecule has 0 fully saturated rings. The lowest BCUT2D eigenvalue weighted by Gasteiger charge is -2.28. The van der Waals surface area contributed by atoms with Crippen LogP contribution in [-0.4, -0.2) is 63.1 Å². The molecule has 0 aliphatic heterocycles. The smallest absolute Gasteiger partial charge is 0.326 e. The van der Waals surface area contributed by atoms with Gasteiger partial charge in [0.05, 0.1) is 6.04 Å². The molecule has 11 nitrogen and oxygen atoms in total. The highest BCUT2D eigenvalue weighted by atomic mass is 16.4. The first kappa shape index (κ1) is 33.7. The number of hydrogen-bond donors (Lipinski definition) is 7. The van der Waals surface area contributed by atoms with Crippen LogP contribution in [0.4, 0.5) is 0 Å². The molecule has 0 bridgehead atoms. The average Bonchev–Trinajstić information content (AvgIpc) is 3.46. The summed E-state index contributed by atoms with van der Waals surface area (Å²) in [6.45, 7) is 3.69. The highest BCUT2D eigenvalue weighted by Crippen LogP contribution is 2.20. The van der Waals surface area contributed by atoms with Crippen molar-refractivity contribution in [3.8, 4) is 5.75 Å². The number of para-hydroxylation sites is 1. The Bertz CT molecular complexity index is 1640. The summed E-state index contributed by atoms with van der Waals surface area (Å²) < 4.78 is 0. The van der Waals surface area contributed by atoms with Crippen LogP contribution in [0.3, 0.4) is 0 Å². The fraction of sp³-hybridized carbons (Fsp3) is 0.314. The first-order valence-corrected chi connectivity index (χ1v) is 15.3. The zero-order valence-electron chi connectivity index (χ0n) is 25.9. The SMILES string of the molecule is CCC(C)C(NC(=O)C(N)Cc1ccc(O)cc1)C(=O)NC(Cc1c[nH]c2ccccc12)C(=O)NC(Cc1ccccc1)C(=O)O. The number of phenolic OH excluding ortho intramolecular Hbond substituents is 1. The third kappa shape index (κ3) is 8.95. The van der Waals surface area contributed by atoms with E-state index < -0.39 is 47.9 Å². The number of phenols is 1. The molecule has 0 spiro atoms. The van der Waals surface area contributed by atoms with Gasteiger partial charge in [-0.15, -0.1) is 0 Å².